The zero-order valence-electron chi connectivity index (χ0n) is 10.2. The molecule has 0 aliphatic heterocycles. The van der Waals surface area contributed by atoms with Crippen LogP contribution >= 0.6 is 0 Å². The number of nitrogens with two attached hydrogens (primary N) is 1. The van der Waals surface area contributed by atoms with Crippen molar-refractivity contribution in [3.05, 3.63) is 29.3 Å². The molecule has 0 bridgehead atoms. The van der Waals surface area contributed by atoms with Crippen molar-refractivity contribution in [3.8, 4) is 0 Å². The van der Waals surface area contributed by atoms with Gasteiger partial charge in [0.25, 0.3) is 0 Å². The Balaban J connectivity index is 2.48. The number of carbonyl (C=O) groups is 2. The van der Waals surface area contributed by atoms with Gasteiger partial charge in [-0.15, -0.1) is 0 Å². The van der Waals surface area contributed by atoms with Crippen molar-refractivity contribution < 1.29 is 14.7 Å². The second-order valence-corrected chi connectivity index (χ2v) is 3.82. The Morgan fingerprint density at radius 2 is 2.06 bits per heavy atom. The summed E-state index contributed by atoms with van der Waals surface area (Å²) in [5.74, 6) is -1.08. The van der Waals surface area contributed by atoms with Gasteiger partial charge in [0.05, 0.1) is 0 Å². The molecule has 0 aliphatic rings. The summed E-state index contributed by atoms with van der Waals surface area (Å²) >= 11 is 0. The molecule has 0 fully saturated rings. The van der Waals surface area contributed by atoms with Gasteiger partial charge in [-0.1, -0.05) is 19.1 Å². The van der Waals surface area contributed by atoms with Crippen molar-refractivity contribution >= 4 is 17.7 Å². The van der Waals surface area contributed by atoms with Gasteiger partial charge in [-0.05, 0) is 23.6 Å². The first-order valence-corrected chi connectivity index (χ1v) is 5.63. The molecule has 0 unspecified atom stereocenters. The van der Waals surface area contributed by atoms with Gasteiger partial charge in [-0.2, -0.15) is 0 Å². The fraction of sp³-hybridized carbons (Fsp3) is 0.333. The van der Waals surface area contributed by atoms with E-state index in [9.17, 15) is 9.59 Å². The van der Waals surface area contributed by atoms with Crippen molar-refractivity contribution in [2.75, 3.05) is 12.3 Å². The number of benzene rings is 1. The Labute approximate surface area is 105 Å². The number of hydrogen-bond donors (Lipinski definition) is 4. The highest BCUT2D eigenvalue weighted by atomic mass is 16.4. The molecule has 0 saturated carbocycles. The maximum Gasteiger partial charge on any atom is 0.323 e. The molecule has 1 aromatic rings. The summed E-state index contributed by atoms with van der Waals surface area (Å²) in [6.45, 7) is 1.94. The Bertz CT molecular complexity index is 446. The number of nitrogens with one attached hydrogen (secondary N) is 2. The van der Waals surface area contributed by atoms with E-state index in [-0.39, 0.29) is 0 Å². The molecule has 5 N–H and O–H groups in total. The molecule has 0 spiro atoms. The molecule has 98 valence electrons. The lowest BCUT2D eigenvalue weighted by Crippen LogP contribution is -2.38. The summed E-state index contributed by atoms with van der Waals surface area (Å²) in [5.41, 5.74) is 8.46. The van der Waals surface area contributed by atoms with Crippen LogP contribution < -0.4 is 16.4 Å². The van der Waals surface area contributed by atoms with Crippen molar-refractivity contribution in [2.45, 2.75) is 19.9 Å². The molecular formula is C12H17N3O3. The monoisotopic (exact) mass is 251 g/mol. The van der Waals surface area contributed by atoms with Crippen molar-refractivity contribution in [2.24, 2.45) is 0 Å². The van der Waals surface area contributed by atoms with E-state index in [0.717, 1.165) is 23.2 Å². The lowest BCUT2D eigenvalue weighted by Gasteiger charge is -2.08. The van der Waals surface area contributed by atoms with E-state index in [0.29, 0.717) is 6.54 Å². The minimum absolute atomic E-state index is 0.332. The van der Waals surface area contributed by atoms with Gasteiger partial charge in [0.15, 0.2) is 0 Å². The van der Waals surface area contributed by atoms with E-state index in [1.54, 1.807) is 6.07 Å². The number of amides is 2. The summed E-state index contributed by atoms with van der Waals surface area (Å²) in [4.78, 5) is 21.5. The number of rotatable bonds is 5. The number of carbonyl (C=O) groups excluding carboxylic acids is 1. The maximum absolute atomic E-state index is 11.2. The number of urea groups is 1. The van der Waals surface area contributed by atoms with Crippen LogP contribution in [0.1, 0.15) is 18.1 Å². The van der Waals surface area contributed by atoms with Crippen molar-refractivity contribution in [1.82, 2.24) is 10.6 Å². The third-order valence-corrected chi connectivity index (χ3v) is 2.44. The molecule has 0 aliphatic carbocycles. The Morgan fingerprint density at radius 1 is 1.33 bits per heavy atom. The lowest BCUT2D eigenvalue weighted by atomic mass is 10.1. The third kappa shape index (κ3) is 4.32. The SMILES string of the molecule is CCc1cc(CNC(=O)NCC(=O)O)ccc1N. The van der Waals surface area contributed by atoms with Gasteiger partial charge in [-0.25, -0.2) is 4.79 Å². The predicted molar refractivity (Wildman–Crippen MR) is 68.1 cm³/mol. The standard InChI is InChI=1S/C12H17N3O3/c1-2-9-5-8(3-4-10(9)13)6-14-12(18)15-7-11(16)17/h3-5H,2,6-7,13H2,1H3,(H,16,17)(H2,14,15,18). The van der Waals surface area contributed by atoms with E-state index in [1.807, 2.05) is 19.1 Å². The third-order valence-electron chi connectivity index (χ3n) is 2.44. The van der Waals surface area contributed by atoms with Crippen molar-refractivity contribution in [1.29, 1.82) is 0 Å². The summed E-state index contributed by atoms with van der Waals surface area (Å²) < 4.78 is 0. The molecule has 0 heterocycles. The Morgan fingerprint density at radius 3 is 2.67 bits per heavy atom. The number of carboxylic acids is 1. The second-order valence-electron chi connectivity index (χ2n) is 3.82. The normalized spacial score (nSPS) is 9.83. The minimum atomic E-state index is -1.08. The fourth-order valence-corrected chi connectivity index (χ4v) is 1.48. The van der Waals surface area contributed by atoms with E-state index in [4.69, 9.17) is 10.8 Å². The van der Waals surface area contributed by atoms with Gasteiger partial charge in [-0.3, -0.25) is 4.79 Å². The van der Waals surface area contributed by atoms with Crippen LogP contribution in [0, 0.1) is 0 Å². The maximum atomic E-state index is 11.2. The first-order valence-electron chi connectivity index (χ1n) is 5.63. The average Bonchev–Trinajstić information content (AvgIpc) is 2.35. The highest BCUT2D eigenvalue weighted by Crippen LogP contribution is 2.14. The van der Waals surface area contributed by atoms with Crippen LogP contribution in [0.5, 0.6) is 0 Å². The van der Waals surface area contributed by atoms with Gasteiger partial charge in [0.1, 0.15) is 6.54 Å². The number of hydrogen-bond acceptors (Lipinski definition) is 3. The number of nitrogen functional groups attached to an aromatic ring is 1. The van der Waals surface area contributed by atoms with Crippen LogP contribution in [0.3, 0.4) is 0 Å². The van der Waals surface area contributed by atoms with Crippen LogP contribution in [0.25, 0.3) is 0 Å². The summed E-state index contributed by atoms with van der Waals surface area (Å²) in [6.07, 6.45) is 0.824. The van der Waals surface area contributed by atoms with Crippen LogP contribution in [0.15, 0.2) is 18.2 Å². The topological polar surface area (TPSA) is 104 Å². The van der Waals surface area contributed by atoms with Gasteiger partial charge in [0.2, 0.25) is 0 Å². The summed E-state index contributed by atoms with van der Waals surface area (Å²) in [5, 5.41) is 13.2. The quantitative estimate of drug-likeness (QED) is 0.578. The molecule has 6 nitrogen and oxygen atoms in total. The number of aryl methyl sites for hydroxylation is 1. The molecule has 0 atom stereocenters. The van der Waals surface area contributed by atoms with Gasteiger partial charge in [0, 0.05) is 12.2 Å². The number of anilines is 1. The average molecular weight is 251 g/mol. The Kier molecular flexibility index (Phi) is 4.98. The first kappa shape index (κ1) is 13.8. The fourth-order valence-electron chi connectivity index (χ4n) is 1.48. The molecular weight excluding hydrogens is 234 g/mol. The molecule has 1 rings (SSSR count). The first-order chi connectivity index (χ1) is 8.52. The van der Waals surface area contributed by atoms with Crippen LogP contribution in [-0.4, -0.2) is 23.7 Å². The smallest absolute Gasteiger partial charge is 0.323 e. The number of carboxylic acid groups (broad SMARTS) is 1. The molecule has 0 radical (unpaired) electrons. The van der Waals surface area contributed by atoms with Crippen LogP contribution in [0.4, 0.5) is 10.5 Å². The van der Waals surface area contributed by atoms with Crippen LogP contribution in [-0.2, 0) is 17.8 Å². The second kappa shape index (κ2) is 6.48. The molecule has 18 heavy (non-hydrogen) atoms. The highest BCUT2D eigenvalue weighted by Gasteiger charge is 2.04. The van der Waals surface area contributed by atoms with Gasteiger partial charge < -0.3 is 21.5 Å². The van der Waals surface area contributed by atoms with E-state index in [1.165, 1.54) is 0 Å². The summed E-state index contributed by atoms with van der Waals surface area (Å²) in [6, 6.07) is 5.04. The Hall–Kier alpha value is -2.24. The minimum Gasteiger partial charge on any atom is -0.480 e. The van der Waals surface area contributed by atoms with Crippen molar-refractivity contribution in [3.63, 3.8) is 0 Å². The zero-order chi connectivity index (χ0) is 13.5. The zero-order valence-corrected chi connectivity index (χ0v) is 10.2. The predicted octanol–water partition coefficient (Wildman–Crippen LogP) is 0.715. The largest absolute Gasteiger partial charge is 0.480 e. The number of aliphatic carboxylic acids is 1. The van der Waals surface area contributed by atoms with Gasteiger partial charge >= 0.3 is 12.0 Å². The molecule has 6 heteroatoms. The lowest BCUT2D eigenvalue weighted by molar-refractivity contribution is -0.135. The summed E-state index contributed by atoms with van der Waals surface area (Å²) in [7, 11) is 0. The molecule has 0 aromatic heterocycles. The van der Waals surface area contributed by atoms with Crippen LogP contribution in [0.2, 0.25) is 0 Å². The van der Waals surface area contributed by atoms with E-state index >= 15 is 0 Å². The van der Waals surface area contributed by atoms with E-state index < -0.39 is 18.5 Å². The van der Waals surface area contributed by atoms with E-state index in [2.05, 4.69) is 10.6 Å². The molecule has 2 amide bonds. The molecule has 1 aromatic carbocycles. The molecule has 0 saturated heterocycles. The highest BCUT2D eigenvalue weighted by molar-refractivity contribution is 5.79.